The van der Waals surface area contributed by atoms with Crippen LogP contribution in [0.1, 0.15) is 26.5 Å². The van der Waals surface area contributed by atoms with E-state index in [9.17, 15) is 0 Å². The summed E-state index contributed by atoms with van der Waals surface area (Å²) >= 11 is 1.64. The lowest BCUT2D eigenvalue weighted by molar-refractivity contribution is 0.572. The summed E-state index contributed by atoms with van der Waals surface area (Å²) < 4.78 is 1.89. The Hall–Kier alpha value is -2.23. The molecule has 1 aliphatic heterocycles. The van der Waals surface area contributed by atoms with Crippen LogP contribution < -0.4 is 9.80 Å². The maximum absolute atomic E-state index is 4.70. The summed E-state index contributed by atoms with van der Waals surface area (Å²) in [6, 6.07) is 0. The fourth-order valence-corrected chi connectivity index (χ4v) is 3.50. The number of anilines is 2. The highest BCUT2D eigenvalue weighted by Gasteiger charge is 2.24. The van der Waals surface area contributed by atoms with Gasteiger partial charge in [0.1, 0.15) is 0 Å². The molecule has 0 unspecified atom stereocenters. The molecule has 4 heterocycles. The van der Waals surface area contributed by atoms with Gasteiger partial charge in [0.25, 0.3) is 5.95 Å². The maximum Gasteiger partial charge on any atom is 0.265 e. The third kappa shape index (κ3) is 2.62. The van der Waals surface area contributed by atoms with Gasteiger partial charge in [-0.25, -0.2) is 9.50 Å². The lowest BCUT2D eigenvalue weighted by Gasteiger charge is -2.33. The van der Waals surface area contributed by atoms with E-state index in [0.29, 0.717) is 5.95 Å². The monoisotopic (exact) mass is 333 g/mol. The van der Waals surface area contributed by atoms with E-state index in [1.54, 1.807) is 11.3 Å². The summed E-state index contributed by atoms with van der Waals surface area (Å²) in [4.78, 5) is 10.1. The molecule has 3 aromatic rings. The van der Waals surface area contributed by atoms with Gasteiger partial charge in [-0.2, -0.15) is 5.21 Å². The van der Waals surface area contributed by atoms with Gasteiger partial charge < -0.3 is 9.80 Å². The molecule has 0 spiro atoms. The molecule has 0 radical (unpaired) electrons. The van der Waals surface area contributed by atoms with Crippen molar-refractivity contribution < 1.29 is 0 Å². The van der Waals surface area contributed by atoms with Crippen LogP contribution >= 0.6 is 11.3 Å². The van der Waals surface area contributed by atoms with Crippen LogP contribution in [0.2, 0.25) is 0 Å². The highest BCUT2D eigenvalue weighted by molar-refractivity contribution is 7.20. The number of imidazole rings is 1. The minimum Gasteiger partial charge on any atom is -0.343 e. The Morgan fingerprint density at radius 2 is 1.87 bits per heavy atom. The third-order valence-corrected chi connectivity index (χ3v) is 4.95. The summed E-state index contributed by atoms with van der Waals surface area (Å²) in [6.45, 7) is 9.98. The summed E-state index contributed by atoms with van der Waals surface area (Å²) in [5.41, 5.74) is 1.12. The highest BCUT2D eigenvalue weighted by atomic mass is 32.1. The zero-order valence-electron chi connectivity index (χ0n) is 13.4. The molecule has 0 atom stereocenters. The first-order valence-electron chi connectivity index (χ1n) is 7.61. The van der Waals surface area contributed by atoms with E-state index in [1.807, 2.05) is 10.7 Å². The number of tetrazole rings is 1. The Labute approximate surface area is 137 Å². The van der Waals surface area contributed by atoms with Gasteiger partial charge in [-0.15, -0.1) is 10.2 Å². The van der Waals surface area contributed by atoms with Crippen LogP contribution in [-0.2, 0) is 5.41 Å². The van der Waals surface area contributed by atoms with E-state index in [0.717, 1.165) is 42.0 Å². The Bertz CT molecular complexity index is 758. The first-order chi connectivity index (χ1) is 11.0. The van der Waals surface area contributed by atoms with Gasteiger partial charge in [0.15, 0.2) is 0 Å². The lowest BCUT2D eigenvalue weighted by atomic mass is 9.93. The summed E-state index contributed by atoms with van der Waals surface area (Å²) in [5.74, 6) is 0.661. The number of rotatable bonds is 2. The molecule has 1 saturated heterocycles. The molecule has 1 aliphatic rings. The van der Waals surface area contributed by atoms with Gasteiger partial charge in [0.05, 0.1) is 11.9 Å². The molecule has 0 saturated carbocycles. The van der Waals surface area contributed by atoms with Crippen molar-refractivity contribution in [3.63, 3.8) is 0 Å². The SMILES string of the molecule is CC(C)(C)c1cn2nc(N3CCN(c4nn[nH]n4)CC3)sc2n1. The Morgan fingerprint density at radius 3 is 2.48 bits per heavy atom. The predicted octanol–water partition coefficient (Wildman–Crippen LogP) is 0.928. The van der Waals surface area contributed by atoms with Gasteiger partial charge >= 0.3 is 0 Å². The van der Waals surface area contributed by atoms with Crippen LogP contribution in [0, 0.1) is 0 Å². The van der Waals surface area contributed by atoms with Crippen molar-refractivity contribution in [1.29, 1.82) is 0 Å². The summed E-state index contributed by atoms with van der Waals surface area (Å²) in [5, 5.41) is 19.9. The zero-order valence-corrected chi connectivity index (χ0v) is 14.2. The van der Waals surface area contributed by atoms with Gasteiger partial charge in [-0.05, 0) is 5.21 Å². The average molecular weight is 333 g/mol. The maximum atomic E-state index is 4.70. The van der Waals surface area contributed by atoms with Gasteiger partial charge in [-0.3, -0.25) is 0 Å². The van der Waals surface area contributed by atoms with E-state index in [-0.39, 0.29) is 5.41 Å². The normalized spacial score (nSPS) is 16.5. The Kier molecular flexibility index (Phi) is 3.22. The van der Waals surface area contributed by atoms with Crippen LogP contribution in [0.25, 0.3) is 4.96 Å². The first kappa shape index (κ1) is 14.4. The fraction of sp³-hybridized carbons (Fsp3) is 0.615. The Balaban J connectivity index is 1.49. The second-order valence-electron chi connectivity index (χ2n) is 6.67. The molecule has 4 rings (SSSR count). The molecule has 0 amide bonds. The molecule has 1 N–H and O–H groups in total. The standard InChI is InChI=1S/C13H19N9S/c1-13(2,3)9-8-22-11(14-9)23-12(17-22)21-6-4-20(5-7-21)10-15-18-19-16-10/h8H,4-7H2,1-3H3,(H,15,16,18,19). The second-order valence-corrected chi connectivity index (χ2v) is 7.61. The van der Waals surface area contributed by atoms with Crippen LogP contribution in [0.4, 0.5) is 11.1 Å². The fourth-order valence-electron chi connectivity index (χ4n) is 2.57. The van der Waals surface area contributed by atoms with E-state index in [2.05, 4.69) is 56.3 Å². The highest BCUT2D eigenvalue weighted by Crippen LogP contribution is 2.28. The summed E-state index contributed by atoms with van der Waals surface area (Å²) in [6.07, 6.45) is 2.03. The number of H-pyrrole nitrogens is 1. The van der Waals surface area contributed by atoms with Crippen LogP contribution in [-0.4, -0.2) is 61.4 Å². The zero-order chi connectivity index (χ0) is 16.0. The second kappa shape index (κ2) is 5.15. The van der Waals surface area contributed by atoms with Crippen molar-refractivity contribution >= 4 is 27.4 Å². The lowest BCUT2D eigenvalue weighted by Crippen LogP contribution is -2.47. The molecule has 10 heteroatoms. The number of aromatic amines is 1. The van der Waals surface area contributed by atoms with Gasteiger partial charge in [0.2, 0.25) is 10.1 Å². The Morgan fingerprint density at radius 1 is 1.13 bits per heavy atom. The number of nitrogens with one attached hydrogen (secondary N) is 1. The van der Waals surface area contributed by atoms with Crippen molar-refractivity contribution in [2.24, 2.45) is 0 Å². The van der Waals surface area contributed by atoms with E-state index in [1.165, 1.54) is 0 Å². The molecular weight excluding hydrogens is 314 g/mol. The van der Waals surface area contributed by atoms with Crippen LogP contribution in [0.15, 0.2) is 6.20 Å². The molecule has 0 bridgehead atoms. The third-order valence-electron chi connectivity index (χ3n) is 3.97. The van der Waals surface area contributed by atoms with Crippen molar-refractivity contribution in [3.05, 3.63) is 11.9 Å². The number of aromatic nitrogens is 7. The van der Waals surface area contributed by atoms with Crippen molar-refractivity contribution in [2.45, 2.75) is 26.2 Å². The number of hydrogen-bond donors (Lipinski definition) is 1. The summed E-state index contributed by atoms with van der Waals surface area (Å²) in [7, 11) is 0. The van der Waals surface area contributed by atoms with E-state index >= 15 is 0 Å². The van der Waals surface area contributed by atoms with E-state index < -0.39 is 0 Å². The van der Waals surface area contributed by atoms with Crippen LogP contribution in [0.5, 0.6) is 0 Å². The van der Waals surface area contributed by atoms with E-state index in [4.69, 9.17) is 4.98 Å². The van der Waals surface area contributed by atoms with Gasteiger partial charge in [0, 0.05) is 31.6 Å². The minimum absolute atomic E-state index is 0.0454. The topological polar surface area (TPSA) is 91.1 Å². The molecule has 0 aliphatic carbocycles. The molecule has 23 heavy (non-hydrogen) atoms. The molecule has 3 aromatic heterocycles. The van der Waals surface area contributed by atoms with Crippen molar-refractivity contribution in [2.75, 3.05) is 36.0 Å². The minimum atomic E-state index is 0.0454. The quantitative estimate of drug-likeness (QED) is 0.746. The molecule has 9 nitrogen and oxygen atoms in total. The van der Waals surface area contributed by atoms with Crippen LogP contribution in [0.3, 0.4) is 0 Å². The molecule has 122 valence electrons. The molecular formula is C13H19N9S. The van der Waals surface area contributed by atoms with Crippen molar-refractivity contribution in [1.82, 2.24) is 35.2 Å². The molecule has 0 aromatic carbocycles. The number of hydrogen-bond acceptors (Lipinski definition) is 8. The van der Waals surface area contributed by atoms with Gasteiger partial charge in [-0.1, -0.05) is 37.2 Å². The first-order valence-corrected chi connectivity index (χ1v) is 8.42. The molecule has 1 fully saturated rings. The number of nitrogens with zero attached hydrogens (tertiary/aromatic N) is 8. The van der Waals surface area contributed by atoms with Crippen molar-refractivity contribution in [3.8, 4) is 0 Å². The predicted molar refractivity (Wildman–Crippen MR) is 88.2 cm³/mol. The number of fused-ring (bicyclic) bond motifs is 1. The number of piperazine rings is 1. The average Bonchev–Trinajstić information content (AvgIpc) is 3.22. The smallest absolute Gasteiger partial charge is 0.265 e. The largest absolute Gasteiger partial charge is 0.343 e.